The summed E-state index contributed by atoms with van der Waals surface area (Å²) in [5.74, 6) is 0.791. The van der Waals surface area contributed by atoms with Crippen LogP contribution in [0.2, 0.25) is 5.02 Å². The van der Waals surface area contributed by atoms with Gasteiger partial charge >= 0.3 is 0 Å². The fourth-order valence-electron chi connectivity index (χ4n) is 4.16. The fraction of sp³-hybridized carbons (Fsp3) is 0.172. The Morgan fingerprint density at radius 3 is 2.41 bits per heavy atom. The highest BCUT2D eigenvalue weighted by Crippen LogP contribution is 2.26. The molecule has 5 heteroatoms. The highest BCUT2D eigenvalue weighted by atomic mass is 35.5. The minimum atomic E-state index is 0.0569. The number of halogens is 1. The lowest BCUT2D eigenvalue weighted by Crippen LogP contribution is -2.28. The average Bonchev–Trinajstić information content (AvgIpc) is 3.42. The maximum absolute atomic E-state index is 13.3. The van der Waals surface area contributed by atoms with Gasteiger partial charge in [-0.3, -0.25) is 4.79 Å². The monoisotopic (exact) mass is 468 g/mol. The summed E-state index contributed by atoms with van der Waals surface area (Å²) < 4.78 is 5.98. The number of amides is 1. The van der Waals surface area contributed by atoms with Gasteiger partial charge in [-0.2, -0.15) is 0 Å². The molecule has 0 bridgehead atoms. The zero-order valence-electron chi connectivity index (χ0n) is 18.8. The highest BCUT2D eigenvalue weighted by Gasteiger charge is 2.22. The van der Waals surface area contributed by atoms with Gasteiger partial charge in [-0.15, -0.1) is 0 Å². The van der Waals surface area contributed by atoms with Crippen molar-refractivity contribution in [3.63, 3.8) is 0 Å². The molecule has 170 valence electrons. The number of nitrogens with zero attached hydrogens (tertiary/aromatic N) is 2. The first-order chi connectivity index (χ1) is 16.7. The molecule has 5 rings (SSSR count). The van der Waals surface area contributed by atoms with E-state index >= 15 is 0 Å². The van der Waals surface area contributed by atoms with Crippen LogP contribution in [-0.4, -0.2) is 28.9 Å². The summed E-state index contributed by atoms with van der Waals surface area (Å²) in [6.07, 6.45) is 4.04. The average molecular weight is 469 g/mol. The Bertz CT molecular complexity index is 1320. The number of ether oxygens (including phenoxy) is 1. The third kappa shape index (κ3) is 5.13. The number of benzene rings is 3. The van der Waals surface area contributed by atoms with Crippen molar-refractivity contribution in [1.29, 1.82) is 0 Å². The largest absolute Gasteiger partial charge is 0.487 e. The molecule has 0 unspecified atom stereocenters. The number of carbonyl (C=O) groups is 1. The quantitative estimate of drug-likeness (QED) is 0.235. The molecule has 0 saturated carbocycles. The van der Waals surface area contributed by atoms with Crippen molar-refractivity contribution in [3.05, 3.63) is 107 Å². The van der Waals surface area contributed by atoms with Gasteiger partial charge in [0.2, 0.25) is 0 Å². The Balaban J connectivity index is 1.35. The molecular weight excluding hydrogens is 444 g/mol. The zero-order chi connectivity index (χ0) is 23.3. The Labute approximate surface area is 204 Å². The van der Waals surface area contributed by atoms with Crippen LogP contribution in [0, 0.1) is 0 Å². The second-order valence-electron chi connectivity index (χ2n) is 8.42. The molecule has 0 N–H and O–H groups in total. The predicted molar refractivity (Wildman–Crippen MR) is 138 cm³/mol. The SMILES string of the molecule is O=C(/C(=C/c1ccc(Cl)cc1)c1ccc(OCc2ccc3ccccc3n2)cc1)N1CCCC1. The molecule has 1 aliphatic rings. The minimum absolute atomic E-state index is 0.0569. The van der Waals surface area contributed by atoms with E-state index in [4.69, 9.17) is 16.3 Å². The van der Waals surface area contributed by atoms with Crippen LogP contribution in [0.1, 0.15) is 29.7 Å². The van der Waals surface area contributed by atoms with Crippen LogP contribution < -0.4 is 4.74 Å². The molecule has 0 atom stereocenters. The Kier molecular flexibility index (Phi) is 6.59. The first-order valence-corrected chi connectivity index (χ1v) is 11.9. The molecule has 1 aromatic heterocycles. The molecule has 0 aliphatic carbocycles. The number of hydrogen-bond donors (Lipinski definition) is 0. The van der Waals surface area contributed by atoms with Gasteiger partial charge in [-0.1, -0.05) is 60.1 Å². The lowest BCUT2D eigenvalue weighted by molar-refractivity contribution is -0.123. The standard InChI is InChI=1S/C29H25ClN2O2/c30-24-12-7-21(8-13-24)19-27(29(33)32-17-3-4-18-32)22-10-15-26(16-11-22)34-20-25-14-9-23-5-1-2-6-28(23)31-25/h1-2,5-16,19H,3-4,17-18,20H2/b27-19+. The van der Waals surface area contributed by atoms with Crippen molar-refractivity contribution in [1.82, 2.24) is 9.88 Å². The molecule has 1 amide bonds. The minimum Gasteiger partial charge on any atom is -0.487 e. The van der Waals surface area contributed by atoms with Gasteiger partial charge in [0.05, 0.1) is 11.2 Å². The van der Waals surface area contributed by atoms with E-state index in [9.17, 15) is 4.79 Å². The van der Waals surface area contributed by atoms with E-state index in [1.165, 1.54) is 0 Å². The third-order valence-electron chi connectivity index (χ3n) is 6.01. The topological polar surface area (TPSA) is 42.4 Å². The van der Waals surface area contributed by atoms with Crippen LogP contribution in [0.25, 0.3) is 22.6 Å². The molecular formula is C29H25ClN2O2. The number of aromatic nitrogens is 1. The molecule has 4 nitrogen and oxygen atoms in total. The van der Waals surface area contributed by atoms with Gasteiger partial charge in [0, 0.05) is 29.1 Å². The van der Waals surface area contributed by atoms with Crippen molar-refractivity contribution in [3.8, 4) is 5.75 Å². The molecule has 1 aliphatic heterocycles. The molecule has 0 spiro atoms. The van der Waals surface area contributed by atoms with Crippen LogP contribution in [0.4, 0.5) is 0 Å². The summed E-state index contributed by atoms with van der Waals surface area (Å²) in [6.45, 7) is 1.98. The van der Waals surface area contributed by atoms with Crippen LogP contribution >= 0.6 is 11.6 Å². The summed E-state index contributed by atoms with van der Waals surface area (Å²) >= 11 is 6.04. The lowest BCUT2D eigenvalue weighted by atomic mass is 10.0. The van der Waals surface area contributed by atoms with E-state index in [1.54, 1.807) is 0 Å². The van der Waals surface area contributed by atoms with Crippen LogP contribution in [0.3, 0.4) is 0 Å². The van der Waals surface area contributed by atoms with Crippen LogP contribution in [0.5, 0.6) is 5.75 Å². The lowest BCUT2D eigenvalue weighted by Gasteiger charge is -2.18. The predicted octanol–water partition coefficient (Wildman–Crippen LogP) is 6.63. The van der Waals surface area contributed by atoms with Gasteiger partial charge in [0.1, 0.15) is 12.4 Å². The van der Waals surface area contributed by atoms with E-state index in [1.807, 2.05) is 89.8 Å². The number of hydrogen-bond acceptors (Lipinski definition) is 3. The zero-order valence-corrected chi connectivity index (χ0v) is 19.5. The molecule has 2 heterocycles. The van der Waals surface area contributed by atoms with Gasteiger partial charge in [-0.05, 0) is 66.4 Å². The molecule has 0 radical (unpaired) electrons. The molecule has 1 saturated heterocycles. The summed E-state index contributed by atoms with van der Waals surface area (Å²) in [6, 6.07) is 27.3. The summed E-state index contributed by atoms with van der Waals surface area (Å²) in [5.41, 5.74) is 4.30. The maximum Gasteiger partial charge on any atom is 0.254 e. The van der Waals surface area contributed by atoms with Crippen molar-refractivity contribution >= 4 is 40.1 Å². The van der Waals surface area contributed by atoms with Crippen molar-refractivity contribution in [2.24, 2.45) is 0 Å². The fourth-order valence-corrected chi connectivity index (χ4v) is 4.29. The van der Waals surface area contributed by atoms with Crippen molar-refractivity contribution < 1.29 is 9.53 Å². The van der Waals surface area contributed by atoms with Crippen molar-refractivity contribution in [2.45, 2.75) is 19.4 Å². The van der Waals surface area contributed by atoms with Crippen molar-refractivity contribution in [2.75, 3.05) is 13.1 Å². The van der Waals surface area contributed by atoms with Gasteiger partial charge in [0.25, 0.3) is 5.91 Å². The van der Waals surface area contributed by atoms with Gasteiger partial charge in [0.15, 0.2) is 0 Å². The van der Waals surface area contributed by atoms with E-state index in [-0.39, 0.29) is 5.91 Å². The number of carbonyl (C=O) groups excluding carboxylic acids is 1. The summed E-state index contributed by atoms with van der Waals surface area (Å²) in [5, 5.41) is 1.78. The number of fused-ring (bicyclic) bond motifs is 1. The Morgan fingerprint density at radius 2 is 1.65 bits per heavy atom. The molecule has 1 fully saturated rings. The summed E-state index contributed by atoms with van der Waals surface area (Å²) in [4.78, 5) is 19.9. The number of para-hydroxylation sites is 1. The highest BCUT2D eigenvalue weighted by molar-refractivity contribution is 6.30. The first kappa shape index (κ1) is 22.2. The normalized spacial score (nSPS) is 13.9. The maximum atomic E-state index is 13.3. The van der Waals surface area contributed by atoms with Gasteiger partial charge in [-0.25, -0.2) is 4.98 Å². The van der Waals surface area contributed by atoms with Crippen LogP contribution in [0.15, 0.2) is 84.9 Å². The van der Waals surface area contributed by atoms with Crippen LogP contribution in [-0.2, 0) is 11.4 Å². The Hall–Kier alpha value is -3.63. The molecule has 3 aromatic carbocycles. The van der Waals surface area contributed by atoms with E-state index in [0.717, 1.165) is 59.4 Å². The second kappa shape index (κ2) is 10.1. The third-order valence-corrected chi connectivity index (χ3v) is 6.26. The van der Waals surface area contributed by atoms with E-state index < -0.39 is 0 Å². The summed E-state index contributed by atoms with van der Waals surface area (Å²) in [7, 11) is 0. The second-order valence-corrected chi connectivity index (χ2v) is 8.85. The number of likely N-dealkylation sites (tertiary alicyclic amines) is 1. The smallest absolute Gasteiger partial charge is 0.254 e. The van der Waals surface area contributed by atoms with Gasteiger partial charge < -0.3 is 9.64 Å². The molecule has 4 aromatic rings. The van der Waals surface area contributed by atoms with E-state index in [2.05, 4.69) is 11.1 Å². The first-order valence-electron chi connectivity index (χ1n) is 11.5. The molecule has 34 heavy (non-hydrogen) atoms. The number of pyridine rings is 1. The Morgan fingerprint density at radius 1 is 0.912 bits per heavy atom. The van der Waals surface area contributed by atoms with E-state index in [0.29, 0.717) is 17.2 Å². The number of rotatable bonds is 6.